The highest BCUT2D eigenvalue weighted by molar-refractivity contribution is 4.74. The van der Waals surface area contributed by atoms with Gasteiger partial charge in [0, 0.05) is 33.4 Å². The maximum Gasteiger partial charge on any atom is 0.0593 e. The normalized spacial score (nSPS) is 20.7. The van der Waals surface area contributed by atoms with Crippen LogP contribution >= 0.6 is 0 Å². The Morgan fingerprint density at radius 3 is 2.85 bits per heavy atom. The third-order valence-corrected chi connectivity index (χ3v) is 3.78. The van der Waals surface area contributed by atoms with Crippen LogP contribution < -0.4 is 5.32 Å². The average molecular weight is 286 g/mol. The van der Waals surface area contributed by atoms with Crippen LogP contribution in [-0.4, -0.2) is 64.6 Å². The summed E-state index contributed by atoms with van der Waals surface area (Å²) in [5, 5.41) is 3.59. The van der Waals surface area contributed by atoms with E-state index in [2.05, 4.69) is 24.1 Å². The number of ether oxygens (including phenoxy) is 2. The minimum atomic E-state index is 0.746. The first-order valence-electron chi connectivity index (χ1n) is 8.22. The van der Waals surface area contributed by atoms with Gasteiger partial charge in [0.15, 0.2) is 0 Å². The van der Waals surface area contributed by atoms with Gasteiger partial charge in [-0.25, -0.2) is 0 Å². The number of hydrogen-bond donors (Lipinski definition) is 1. The lowest BCUT2D eigenvalue weighted by Gasteiger charge is -2.32. The molecule has 4 nitrogen and oxygen atoms in total. The van der Waals surface area contributed by atoms with Gasteiger partial charge in [-0.1, -0.05) is 13.8 Å². The molecule has 0 spiro atoms. The van der Waals surface area contributed by atoms with Gasteiger partial charge < -0.3 is 19.7 Å². The van der Waals surface area contributed by atoms with Gasteiger partial charge in [-0.3, -0.25) is 0 Å². The van der Waals surface area contributed by atoms with Gasteiger partial charge in [-0.05, 0) is 50.7 Å². The van der Waals surface area contributed by atoms with E-state index in [1.807, 2.05) is 0 Å². The second-order valence-electron chi connectivity index (χ2n) is 6.32. The van der Waals surface area contributed by atoms with Gasteiger partial charge in [-0.15, -0.1) is 0 Å². The molecule has 1 N–H and O–H groups in total. The highest BCUT2D eigenvalue weighted by atomic mass is 16.5. The van der Waals surface area contributed by atoms with Crippen molar-refractivity contribution in [3.63, 3.8) is 0 Å². The van der Waals surface area contributed by atoms with Crippen LogP contribution in [0.3, 0.4) is 0 Å². The molecule has 4 heteroatoms. The Hall–Kier alpha value is -0.160. The summed E-state index contributed by atoms with van der Waals surface area (Å²) in [5.41, 5.74) is 0. The van der Waals surface area contributed by atoms with E-state index in [-0.39, 0.29) is 0 Å². The van der Waals surface area contributed by atoms with Crippen LogP contribution in [0.15, 0.2) is 0 Å². The molecule has 1 atom stereocenters. The lowest BCUT2D eigenvalue weighted by atomic mass is 9.98. The largest absolute Gasteiger partial charge is 0.385 e. The summed E-state index contributed by atoms with van der Waals surface area (Å²) in [6.07, 6.45) is 3.70. The molecule has 1 rings (SSSR count). The Balaban J connectivity index is 2.02. The predicted octanol–water partition coefficient (Wildman–Crippen LogP) is 2.00. The molecule has 0 aromatic heterocycles. The molecule has 0 aromatic carbocycles. The van der Waals surface area contributed by atoms with Crippen LogP contribution in [0.2, 0.25) is 0 Å². The molecule has 0 bridgehead atoms. The fourth-order valence-corrected chi connectivity index (χ4v) is 2.70. The monoisotopic (exact) mass is 286 g/mol. The smallest absolute Gasteiger partial charge is 0.0593 e. The molecule has 0 amide bonds. The molecule has 1 saturated heterocycles. The van der Waals surface area contributed by atoms with Crippen molar-refractivity contribution in [2.45, 2.75) is 33.1 Å². The maximum absolute atomic E-state index is 5.65. The second-order valence-corrected chi connectivity index (χ2v) is 6.32. The van der Waals surface area contributed by atoms with Crippen molar-refractivity contribution in [1.82, 2.24) is 10.2 Å². The molecular weight excluding hydrogens is 252 g/mol. The average Bonchev–Trinajstić information content (AvgIpc) is 2.43. The first-order valence-corrected chi connectivity index (χ1v) is 8.22. The minimum absolute atomic E-state index is 0.746. The van der Waals surface area contributed by atoms with Crippen LogP contribution in [0.4, 0.5) is 0 Å². The number of methoxy groups -OCH3 is 1. The lowest BCUT2D eigenvalue weighted by Crippen LogP contribution is -2.41. The van der Waals surface area contributed by atoms with Crippen molar-refractivity contribution in [3.05, 3.63) is 0 Å². The standard InChI is InChI=1S/C16H34N2O2/c1-15(2)12-17-13-16-6-4-7-18(14-16)8-11-20-10-5-9-19-3/h15-17H,4-14H2,1-3H3. The zero-order valence-electron chi connectivity index (χ0n) is 13.7. The third kappa shape index (κ3) is 8.90. The molecule has 0 radical (unpaired) electrons. The van der Waals surface area contributed by atoms with Crippen LogP contribution in [0, 0.1) is 11.8 Å². The molecule has 20 heavy (non-hydrogen) atoms. The number of rotatable bonds is 11. The lowest BCUT2D eigenvalue weighted by molar-refractivity contribution is 0.0711. The van der Waals surface area contributed by atoms with Gasteiger partial charge in [-0.2, -0.15) is 0 Å². The van der Waals surface area contributed by atoms with Crippen molar-refractivity contribution in [3.8, 4) is 0 Å². The highest BCUT2D eigenvalue weighted by Gasteiger charge is 2.19. The SMILES string of the molecule is COCCCOCCN1CCCC(CNCC(C)C)C1. The Labute approximate surface area is 125 Å². The fourth-order valence-electron chi connectivity index (χ4n) is 2.70. The van der Waals surface area contributed by atoms with Crippen molar-refractivity contribution in [2.24, 2.45) is 11.8 Å². The van der Waals surface area contributed by atoms with E-state index >= 15 is 0 Å². The number of nitrogens with one attached hydrogen (secondary N) is 1. The van der Waals surface area contributed by atoms with E-state index in [0.29, 0.717) is 0 Å². The first-order chi connectivity index (χ1) is 9.72. The molecule has 0 saturated carbocycles. The van der Waals surface area contributed by atoms with Crippen molar-refractivity contribution < 1.29 is 9.47 Å². The van der Waals surface area contributed by atoms with Gasteiger partial charge >= 0.3 is 0 Å². The summed E-state index contributed by atoms with van der Waals surface area (Å²) in [4.78, 5) is 2.56. The molecule has 1 unspecified atom stereocenters. The molecule has 0 aliphatic carbocycles. The molecule has 1 aliphatic heterocycles. The Kier molecular flexibility index (Phi) is 10.3. The summed E-state index contributed by atoms with van der Waals surface area (Å²) in [6.45, 7) is 12.9. The number of nitrogens with zero attached hydrogens (tertiary/aromatic N) is 1. The summed E-state index contributed by atoms with van der Waals surface area (Å²) >= 11 is 0. The fraction of sp³-hybridized carbons (Fsp3) is 1.00. The van der Waals surface area contributed by atoms with E-state index in [4.69, 9.17) is 9.47 Å². The summed E-state index contributed by atoms with van der Waals surface area (Å²) < 4.78 is 10.7. The number of piperidine rings is 1. The van der Waals surface area contributed by atoms with Crippen LogP contribution in [0.25, 0.3) is 0 Å². The van der Waals surface area contributed by atoms with E-state index in [9.17, 15) is 0 Å². The Morgan fingerprint density at radius 1 is 1.25 bits per heavy atom. The zero-order valence-corrected chi connectivity index (χ0v) is 13.7. The number of hydrogen-bond acceptors (Lipinski definition) is 4. The molecule has 1 heterocycles. The van der Waals surface area contributed by atoms with Crippen molar-refractivity contribution >= 4 is 0 Å². The summed E-state index contributed by atoms with van der Waals surface area (Å²) in [7, 11) is 1.74. The quantitative estimate of drug-likeness (QED) is 0.589. The van der Waals surface area contributed by atoms with E-state index in [1.165, 1.54) is 32.5 Å². The van der Waals surface area contributed by atoms with Crippen LogP contribution in [-0.2, 0) is 9.47 Å². The van der Waals surface area contributed by atoms with E-state index in [0.717, 1.165) is 51.2 Å². The van der Waals surface area contributed by atoms with Crippen LogP contribution in [0.1, 0.15) is 33.1 Å². The van der Waals surface area contributed by atoms with Gasteiger partial charge in [0.2, 0.25) is 0 Å². The Morgan fingerprint density at radius 2 is 2.10 bits per heavy atom. The topological polar surface area (TPSA) is 33.7 Å². The third-order valence-electron chi connectivity index (χ3n) is 3.78. The molecule has 0 aromatic rings. The van der Waals surface area contributed by atoms with E-state index in [1.54, 1.807) is 7.11 Å². The predicted molar refractivity (Wildman–Crippen MR) is 84.2 cm³/mol. The minimum Gasteiger partial charge on any atom is -0.385 e. The molecule has 120 valence electrons. The first kappa shape index (κ1) is 17.9. The summed E-state index contributed by atoms with van der Waals surface area (Å²) in [5.74, 6) is 1.56. The second kappa shape index (κ2) is 11.5. The van der Waals surface area contributed by atoms with Crippen molar-refractivity contribution in [2.75, 3.05) is 59.7 Å². The zero-order chi connectivity index (χ0) is 14.6. The molecular formula is C16H34N2O2. The van der Waals surface area contributed by atoms with Gasteiger partial charge in [0.1, 0.15) is 0 Å². The highest BCUT2D eigenvalue weighted by Crippen LogP contribution is 2.15. The molecule has 1 fully saturated rings. The van der Waals surface area contributed by atoms with Crippen molar-refractivity contribution in [1.29, 1.82) is 0 Å². The van der Waals surface area contributed by atoms with E-state index < -0.39 is 0 Å². The van der Waals surface area contributed by atoms with Crippen LogP contribution in [0.5, 0.6) is 0 Å². The maximum atomic E-state index is 5.65. The summed E-state index contributed by atoms with van der Waals surface area (Å²) in [6, 6.07) is 0. The van der Waals surface area contributed by atoms with Gasteiger partial charge in [0.05, 0.1) is 6.61 Å². The molecule has 1 aliphatic rings. The Bertz CT molecular complexity index is 225. The van der Waals surface area contributed by atoms with Gasteiger partial charge in [0.25, 0.3) is 0 Å². The number of likely N-dealkylation sites (tertiary alicyclic amines) is 1.